The van der Waals surface area contributed by atoms with E-state index in [0.717, 1.165) is 6.54 Å². The molecule has 0 radical (unpaired) electrons. The molecule has 0 bridgehead atoms. The number of rotatable bonds is 5. The maximum Gasteiger partial charge on any atom is 0.0193 e. The second-order valence-electron chi connectivity index (χ2n) is 5.26. The van der Waals surface area contributed by atoms with Gasteiger partial charge >= 0.3 is 0 Å². The van der Waals surface area contributed by atoms with Crippen LogP contribution in [0.5, 0.6) is 0 Å². The van der Waals surface area contributed by atoms with E-state index in [1.54, 1.807) is 0 Å². The maximum absolute atomic E-state index is 3.61. The van der Waals surface area contributed by atoms with Gasteiger partial charge in [-0.2, -0.15) is 0 Å². The first-order valence-corrected chi connectivity index (χ1v) is 6.79. The van der Waals surface area contributed by atoms with Crippen LogP contribution in [0.2, 0.25) is 0 Å². The summed E-state index contributed by atoms with van der Waals surface area (Å²) in [5.41, 5.74) is 0. The molecule has 16 heavy (non-hydrogen) atoms. The molecule has 1 saturated heterocycles. The fraction of sp³-hybridized carbons (Fsp3) is 1.00. The van der Waals surface area contributed by atoms with Crippen LogP contribution in [0.4, 0.5) is 0 Å². The van der Waals surface area contributed by atoms with Crippen LogP contribution < -0.4 is 5.32 Å². The predicted octanol–water partition coefficient (Wildman–Crippen LogP) is 1.40. The van der Waals surface area contributed by atoms with Crippen LogP contribution in [0.1, 0.15) is 33.6 Å². The molecule has 1 N–H and O–H groups in total. The van der Waals surface area contributed by atoms with Crippen LogP contribution in [0.25, 0.3) is 0 Å². The largest absolute Gasteiger partial charge is 0.313 e. The summed E-state index contributed by atoms with van der Waals surface area (Å²) in [5, 5.41) is 3.61. The highest BCUT2D eigenvalue weighted by molar-refractivity contribution is 4.75. The number of hydrogen-bond acceptors (Lipinski definition) is 3. The summed E-state index contributed by atoms with van der Waals surface area (Å²) in [6, 6.07) is 1.32. The van der Waals surface area contributed by atoms with E-state index in [0.29, 0.717) is 12.1 Å². The molecule has 0 aromatic heterocycles. The number of likely N-dealkylation sites (N-methyl/N-ethyl adjacent to an activating group) is 1. The van der Waals surface area contributed by atoms with Gasteiger partial charge in [-0.05, 0) is 46.8 Å². The summed E-state index contributed by atoms with van der Waals surface area (Å²) in [4.78, 5) is 5.06. The van der Waals surface area contributed by atoms with E-state index in [1.165, 1.54) is 39.0 Å². The van der Waals surface area contributed by atoms with Gasteiger partial charge < -0.3 is 10.2 Å². The highest BCUT2D eigenvalue weighted by Gasteiger charge is 2.17. The van der Waals surface area contributed by atoms with E-state index < -0.39 is 0 Å². The zero-order valence-electron chi connectivity index (χ0n) is 11.5. The standard InChI is InChI=1S/C13H29N3/c1-5-12(2)14-11-13(3)16-8-6-7-15(4)9-10-16/h12-14H,5-11H2,1-4H3. The average molecular weight is 227 g/mol. The van der Waals surface area contributed by atoms with Crippen LogP contribution in [-0.4, -0.2) is 61.7 Å². The van der Waals surface area contributed by atoms with E-state index in [4.69, 9.17) is 0 Å². The Labute approximate surface area is 101 Å². The van der Waals surface area contributed by atoms with Crippen molar-refractivity contribution in [1.29, 1.82) is 0 Å². The lowest BCUT2D eigenvalue weighted by molar-refractivity contribution is 0.206. The highest BCUT2D eigenvalue weighted by atomic mass is 15.2. The van der Waals surface area contributed by atoms with Crippen LogP contribution in [0.15, 0.2) is 0 Å². The molecule has 1 aliphatic rings. The summed E-state index contributed by atoms with van der Waals surface area (Å²) in [7, 11) is 2.23. The minimum absolute atomic E-state index is 0.650. The molecule has 96 valence electrons. The van der Waals surface area contributed by atoms with Crippen molar-refractivity contribution in [3.05, 3.63) is 0 Å². The van der Waals surface area contributed by atoms with Gasteiger partial charge in [0.2, 0.25) is 0 Å². The van der Waals surface area contributed by atoms with Crippen LogP contribution in [0.3, 0.4) is 0 Å². The van der Waals surface area contributed by atoms with Gasteiger partial charge in [0.15, 0.2) is 0 Å². The zero-order chi connectivity index (χ0) is 12.0. The summed E-state index contributed by atoms with van der Waals surface area (Å²) in [5.74, 6) is 0. The SMILES string of the molecule is CCC(C)NCC(C)N1CCCN(C)CC1. The Bertz CT molecular complexity index is 184. The quantitative estimate of drug-likeness (QED) is 0.766. The van der Waals surface area contributed by atoms with Gasteiger partial charge in [-0.15, -0.1) is 0 Å². The lowest BCUT2D eigenvalue weighted by Crippen LogP contribution is -2.44. The Balaban J connectivity index is 2.26. The van der Waals surface area contributed by atoms with Crippen molar-refractivity contribution < 1.29 is 0 Å². The van der Waals surface area contributed by atoms with Gasteiger partial charge in [0.25, 0.3) is 0 Å². The molecule has 1 heterocycles. The molecule has 0 saturated carbocycles. The van der Waals surface area contributed by atoms with Gasteiger partial charge in [0, 0.05) is 31.7 Å². The van der Waals surface area contributed by atoms with Crippen molar-refractivity contribution in [2.45, 2.75) is 45.7 Å². The van der Waals surface area contributed by atoms with Crippen LogP contribution in [-0.2, 0) is 0 Å². The summed E-state index contributed by atoms with van der Waals surface area (Å²) in [6.45, 7) is 12.9. The van der Waals surface area contributed by atoms with Gasteiger partial charge in [-0.1, -0.05) is 6.92 Å². The highest BCUT2D eigenvalue weighted by Crippen LogP contribution is 2.05. The van der Waals surface area contributed by atoms with Crippen molar-refractivity contribution in [2.75, 3.05) is 39.8 Å². The molecular formula is C13H29N3. The third kappa shape index (κ3) is 4.81. The van der Waals surface area contributed by atoms with Crippen molar-refractivity contribution >= 4 is 0 Å². The van der Waals surface area contributed by atoms with Crippen LogP contribution in [0, 0.1) is 0 Å². The van der Waals surface area contributed by atoms with Crippen LogP contribution >= 0.6 is 0 Å². The summed E-state index contributed by atoms with van der Waals surface area (Å²) >= 11 is 0. The molecule has 1 fully saturated rings. The molecule has 0 spiro atoms. The van der Waals surface area contributed by atoms with E-state index >= 15 is 0 Å². The molecule has 2 unspecified atom stereocenters. The van der Waals surface area contributed by atoms with E-state index in [2.05, 4.69) is 42.9 Å². The molecule has 0 aromatic carbocycles. The topological polar surface area (TPSA) is 18.5 Å². The Morgan fingerprint density at radius 3 is 2.56 bits per heavy atom. The predicted molar refractivity (Wildman–Crippen MR) is 70.9 cm³/mol. The minimum atomic E-state index is 0.650. The van der Waals surface area contributed by atoms with E-state index in [9.17, 15) is 0 Å². The first-order valence-electron chi connectivity index (χ1n) is 6.79. The molecule has 3 heteroatoms. The van der Waals surface area contributed by atoms with E-state index in [-0.39, 0.29) is 0 Å². The van der Waals surface area contributed by atoms with Gasteiger partial charge in [0.05, 0.1) is 0 Å². The average Bonchev–Trinajstić information content (AvgIpc) is 2.50. The normalized spacial score (nSPS) is 24.0. The minimum Gasteiger partial charge on any atom is -0.313 e. The van der Waals surface area contributed by atoms with Crippen molar-refractivity contribution in [2.24, 2.45) is 0 Å². The molecule has 0 aromatic rings. The third-order valence-electron chi connectivity index (χ3n) is 3.75. The molecule has 3 nitrogen and oxygen atoms in total. The molecule has 1 aliphatic heterocycles. The fourth-order valence-electron chi connectivity index (χ4n) is 2.15. The first kappa shape index (κ1) is 13.9. The Morgan fingerprint density at radius 1 is 1.12 bits per heavy atom. The zero-order valence-corrected chi connectivity index (χ0v) is 11.5. The number of nitrogens with one attached hydrogen (secondary N) is 1. The first-order chi connectivity index (χ1) is 7.63. The molecule has 1 rings (SSSR count). The molecule has 2 atom stereocenters. The second-order valence-corrected chi connectivity index (χ2v) is 5.26. The number of nitrogens with zero attached hydrogens (tertiary/aromatic N) is 2. The number of hydrogen-bond donors (Lipinski definition) is 1. The van der Waals surface area contributed by atoms with Crippen molar-refractivity contribution in [3.63, 3.8) is 0 Å². The maximum atomic E-state index is 3.61. The van der Waals surface area contributed by atoms with Crippen molar-refractivity contribution in [3.8, 4) is 0 Å². The lowest BCUT2D eigenvalue weighted by Gasteiger charge is -2.28. The Morgan fingerprint density at radius 2 is 1.88 bits per heavy atom. The van der Waals surface area contributed by atoms with Gasteiger partial charge in [-0.25, -0.2) is 0 Å². The summed E-state index contributed by atoms with van der Waals surface area (Å²) in [6.07, 6.45) is 2.53. The lowest BCUT2D eigenvalue weighted by atomic mass is 10.2. The van der Waals surface area contributed by atoms with Gasteiger partial charge in [0.1, 0.15) is 0 Å². The molecule has 0 aliphatic carbocycles. The summed E-state index contributed by atoms with van der Waals surface area (Å²) < 4.78 is 0. The Hall–Kier alpha value is -0.120. The van der Waals surface area contributed by atoms with Crippen molar-refractivity contribution in [1.82, 2.24) is 15.1 Å². The molecular weight excluding hydrogens is 198 g/mol. The smallest absolute Gasteiger partial charge is 0.0193 e. The fourth-order valence-corrected chi connectivity index (χ4v) is 2.15. The monoisotopic (exact) mass is 227 g/mol. The van der Waals surface area contributed by atoms with Gasteiger partial charge in [-0.3, -0.25) is 4.90 Å². The van der Waals surface area contributed by atoms with E-state index in [1.807, 2.05) is 0 Å². The molecule has 0 amide bonds. The second kappa shape index (κ2) is 7.25. The Kier molecular flexibility index (Phi) is 6.32. The third-order valence-corrected chi connectivity index (χ3v) is 3.75.